The highest BCUT2D eigenvalue weighted by atomic mass is 19.1. The van der Waals surface area contributed by atoms with Gasteiger partial charge >= 0.3 is 0 Å². The number of rotatable bonds is 4. The molecule has 0 saturated carbocycles. The van der Waals surface area contributed by atoms with Crippen LogP contribution in [0.25, 0.3) is 11.3 Å². The lowest BCUT2D eigenvalue weighted by Gasteiger charge is -2.03. The number of aromatic nitrogens is 1. The Morgan fingerprint density at radius 1 is 1.05 bits per heavy atom. The van der Waals surface area contributed by atoms with Gasteiger partial charge in [0.15, 0.2) is 0 Å². The van der Waals surface area contributed by atoms with E-state index in [0.29, 0.717) is 6.54 Å². The Balaban J connectivity index is 1.67. The molecule has 21 heavy (non-hydrogen) atoms. The van der Waals surface area contributed by atoms with E-state index in [1.807, 2.05) is 37.4 Å². The summed E-state index contributed by atoms with van der Waals surface area (Å²) >= 11 is 0. The first kappa shape index (κ1) is 13.4. The summed E-state index contributed by atoms with van der Waals surface area (Å²) in [6.45, 7) is 2.55. The second-order valence-corrected chi connectivity index (χ2v) is 4.85. The van der Waals surface area contributed by atoms with Gasteiger partial charge in [-0.25, -0.2) is 9.37 Å². The van der Waals surface area contributed by atoms with Crippen LogP contribution in [-0.4, -0.2) is 4.98 Å². The van der Waals surface area contributed by atoms with Crippen molar-refractivity contribution in [3.05, 3.63) is 71.9 Å². The van der Waals surface area contributed by atoms with Gasteiger partial charge < -0.3 is 9.73 Å². The zero-order valence-electron chi connectivity index (χ0n) is 11.6. The zero-order valence-corrected chi connectivity index (χ0v) is 11.6. The summed E-state index contributed by atoms with van der Waals surface area (Å²) in [5.41, 5.74) is 1.98. The predicted octanol–water partition coefficient (Wildman–Crippen LogP) is 4.40. The Bertz CT molecular complexity index is 717. The van der Waals surface area contributed by atoms with Gasteiger partial charge in [-0.05, 0) is 55.0 Å². The maximum absolute atomic E-state index is 12.9. The van der Waals surface area contributed by atoms with Gasteiger partial charge in [0.05, 0.1) is 6.54 Å². The molecule has 0 bridgehead atoms. The summed E-state index contributed by atoms with van der Waals surface area (Å²) < 4.78 is 18.6. The number of hydrogen-bond donors (Lipinski definition) is 1. The van der Waals surface area contributed by atoms with Gasteiger partial charge in [-0.2, -0.15) is 0 Å². The van der Waals surface area contributed by atoms with Crippen LogP contribution in [-0.2, 0) is 6.54 Å². The molecule has 0 aliphatic heterocycles. The summed E-state index contributed by atoms with van der Waals surface area (Å²) in [6, 6.07) is 14.0. The lowest BCUT2D eigenvalue weighted by atomic mass is 10.2. The van der Waals surface area contributed by atoms with E-state index in [4.69, 9.17) is 4.42 Å². The Kier molecular flexibility index (Phi) is 3.69. The summed E-state index contributed by atoms with van der Waals surface area (Å²) in [4.78, 5) is 4.27. The van der Waals surface area contributed by atoms with E-state index >= 15 is 0 Å². The smallest absolute Gasteiger partial charge is 0.134 e. The van der Waals surface area contributed by atoms with Crippen LogP contribution < -0.4 is 5.32 Å². The molecule has 0 spiro atoms. The van der Waals surface area contributed by atoms with Gasteiger partial charge in [-0.3, -0.25) is 0 Å². The Labute approximate surface area is 122 Å². The molecule has 0 saturated heterocycles. The number of benzene rings is 1. The van der Waals surface area contributed by atoms with Crippen LogP contribution in [0.15, 0.2) is 59.1 Å². The molecular formula is C17H15FN2O. The molecule has 106 valence electrons. The van der Waals surface area contributed by atoms with Crippen LogP contribution >= 0.6 is 0 Å². The second kappa shape index (κ2) is 5.79. The van der Waals surface area contributed by atoms with E-state index in [-0.39, 0.29) is 5.82 Å². The van der Waals surface area contributed by atoms with Crippen LogP contribution in [0.5, 0.6) is 0 Å². The molecule has 0 unspecified atom stereocenters. The lowest BCUT2D eigenvalue weighted by Crippen LogP contribution is -1.99. The van der Waals surface area contributed by atoms with Gasteiger partial charge in [0.1, 0.15) is 23.2 Å². The second-order valence-electron chi connectivity index (χ2n) is 4.85. The van der Waals surface area contributed by atoms with E-state index in [2.05, 4.69) is 10.3 Å². The van der Waals surface area contributed by atoms with Crippen LogP contribution in [0.2, 0.25) is 0 Å². The average molecular weight is 282 g/mol. The fourth-order valence-corrected chi connectivity index (χ4v) is 1.99. The molecule has 3 aromatic rings. The highest BCUT2D eigenvalue weighted by Gasteiger charge is 2.05. The summed E-state index contributed by atoms with van der Waals surface area (Å²) in [6.07, 6.45) is 1.81. The van der Waals surface area contributed by atoms with Crippen molar-refractivity contribution >= 4 is 5.82 Å². The minimum absolute atomic E-state index is 0.252. The fourth-order valence-electron chi connectivity index (χ4n) is 1.99. The molecule has 3 rings (SSSR count). The number of nitrogens with one attached hydrogen (secondary N) is 1. The van der Waals surface area contributed by atoms with Gasteiger partial charge in [0.25, 0.3) is 0 Å². The quantitative estimate of drug-likeness (QED) is 0.770. The van der Waals surface area contributed by atoms with Gasteiger partial charge in [0.2, 0.25) is 0 Å². The van der Waals surface area contributed by atoms with Crippen molar-refractivity contribution < 1.29 is 8.81 Å². The number of nitrogens with zero attached hydrogens (tertiary/aromatic N) is 1. The summed E-state index contributed by atoms with van der Waals surface area (Å²) in [5, 5.41) is 3.20. The standard InChI is InChI=1S/C17H15FN2O/c1-12-2-9-17(19-10-12)20-11-15-7-8-16(21-15)13-3-5-14(18)6-4-13/h2-10H,11H2,1H3,(H,19,20). The molecule has 0 aliphatic rings. The van der Waals surface area contributed by atoms with Crippen LogP contribution in [0.3, 0.4) is 0 Å². The molecule has 3 nitrogen and oxygen atoms in total. The molecule has 1 N–H and O–H groups in total. The third-order valence-corrected chi connectivity index (χ3v) is 3.15. The third-order valence-electron chi connectivity index (χ3n) is 3.15. The van der Waals surface area contributed by atoms with E-state index < -0.39 is 0 Å². The first-order valence-corrected chi connectivity index (χ1v) is 6.72. The monoisotopic (exact) mass is 282 g/mol. The van der Waals surface area contributed by atoms with Crippen molar-refractivity contribution in [2.24, 2.45) is 0 Å². The largest absolute Gasteiger partial charge is 0.459 e. The van der Waals surface area contributed by atoms with Crippen LogP contribution in [0.4, 0.5) is 10.2 Å². The first-order valence-electron chi connectivity index (χ1n) is 6.72. The maximum atomic E-state index is 12.9. The molecule has 2 heterocycles. The van der Waals surface area contributed by atoms with Crippen molar-refractivity contribution in [2.45, 2.75) is 13.5 Å². The van der Waals surface area contributed by atoms with Crippen molar-refractivity contribution in [1.29, 1.82) is 0 Å². The molecule has 2 aromatic heterocycles. The molecule has 0 aliphatic carbocycles. The fraction of sp³-hybridized carbons (Fsp3) is 0.118. The van der Waals surface area contributed by atoms with E-state index in [1.54, 1.807) is 12.1 Å². The number of hydrogen-bond acceptors (Lipinski definition) is 3. The molecule has 4 heteroatoms. The number of pyridine rings is 1. The molecular weight excluding hydrogens is 267 g/mol. The number of halogens is 1. The minimum atomic E-state index is -0.252. The SMILES string of the molecule is Cc1ccc(NCc2ccc(-c3ccc(F)cc3)o2)nc1. The van der Waals surface area contributed by atoms with Crippen molar-refractivity contribution in [3.63, 3.8) is 0 Å². The van der Waals surface area contributed by atoms with Gasteiger partial charge in [-0.1, -0.05) is 6.07 Å². The molecule has 1 aromatic carbocycles. The van der Waals surface area contributed by atoms with E-state index in [0.717, 1.165) is 28.5 Å². The number of anilines is 1. The van der Waals surface area contributed by atoms with Crippen molar-refractivity contribution in [1.82, 2.24) is 4.98 Å². The van der Waals surface area contributed by atoms with Crippen molar-refractivity contribution in [2.75, 3.05) is 5.32 Å². The lowest BCUT2D eigenvalue weighted by molar-refractivity contribution is 0.531. The highest BCUT2D eigenvalue weighted by Crippen LogP contribution is 2.22. The van der Waals surface area contributed by atoms with E-state index in [9.17, 15) is 4.39 Å². The van der Waals surface area contributed by atoms with Crippen LogP contribution in [0.1, 0.15) is 11.3 Å². The number of aryl methyl sites for hydroxylation is 1. The average Bonchev–Trinajstić information content (AvgIpc) is 2.96. The Morgan fingerprint density at radius 2 is 1.86 bits per heavy atom. The minimum Gasteiger partial charge on any atom is -0.459 e. The Morgan fingerprint density at radius 3 is 2.57 bits per heavy atom. The molecule has 0 atom stereocenters. The molecule has 0 fully saturated rings. The van der Waals surface area contributed by atoms with Gasteiger partial charge in [-0.15, -0.1) is 0 Å². The summed E-state index contributed by atoms with van der Waals surface area (Å²) in [5.74, 6) is 2.08. The van der Waals surface area contributed by atoms with E-state index in [1.165, 1.54) is 12.1 Å². The van der Waals surface area contributed by atoms with Crippen molar-refractivity contribution in [3.8, 4) is 11.3 Å². The van der Waals surface area contributed by atoms with Gasteiger partial charge in [0, 0.05) is 11.8 Å². The highest BCUT2D eigenvalue weighted by molar-refractivity contribution is 5.57. The first-order chi connectivity index (χ1) is 10.2. The molecule has 0 radical (unpaired) electrons. The zero-order chi connectivity index (χ0) is 14.7. The van der Waals surface area contributed by atoms with Crippen LogP contribution in [0, 0.1) is 12.7 Å². The normalized spacial score (nSPS) is 10.6. The Hall–Kier alpha value is -2.62. The number of furan rings is 1. The maximum Gasteiger partial charge on any atom is 0.134 e. The summed E-state index contributed by atoms with van der Waals surface area (Å²) in [7, 11) is 0. The third kappa shape index (κ3) is 3.28. The molecule has 0 amide bonds. The topological polar surface area (TPSA) is 38.1 Å². The predicted molar refractivity (Wildman–Crippen MR) is 80.4 cm³/mol.